The lowest BCUT2D eigenvalue weighted by Gasteiger charge is -2.18. The predicted molar refractivity (Wildman–Crippen MR) is 191 cm³/mol. The molecule has 0 N–H and O–H groups in total. The molecule has 9 rings (SSSR count). The monoisotopic (exact) mass is 576 g/mol. The molecule has 45 heavy (non-hydrogen) atoms. The lowest BCUT2D eigenvalue weighted by atomic mass is 9.89. The molecule has 1 aliphatic carbocycles. The van der Waals surface area contributed by atoms with Crippen molar-refractivity contribution in [2.75, 3.05) is 0 Å². The Bertz CT molecular complexity index is 2410. The quantitative estimate of drug-likeness (QED) is 0.197. The van der Waals surface area contributed by atoms with Gasteiger partial charge in [-0.15, -0.1) is 0 Å². The van der Waals surface area contributed by atoms with Gasteiger partial charge in [0.05, 0.1) is 22.1 Å². The molecule has 0 saturated heterocycles. The van der Waals surface area contributed by atoms with Gasteiger partial charge in [0.15, 0.2) is 0 Å². The summed E-state index contributed by atoms with van der Waals surface area (Å²) in [5.41, 5.74) is 12.4. The standard InChI is InChI=1S/C43H32N2/c1-29-12-11-15-31(24-29)33-25-32(30-13-3-2-4-14-30)26-35(27-33)45-42-21-10-7-18-38(42)39-28-34(22-23-43(39)45)44-40-19-8-5-16-36(40)37-17-6-9-20-41(37)44/h2-23,25-29H,24H2,1H3. The van der Waals surface area contributed by atoms with Gasteiger partial charge in [-0.1, -0.05) is 110 Å². The molecule has 0 bridgehead atoms. The molecule has 214 valence electrons. The van der Waals surface area contributed by atoms with E-state index in [1.54, 1.807) is 0 Å². The van der Waals surface area contributed by atoms with Crippen molar-refractivity contribution in [3.8, 4) is 22.5 Å². The Hall–Kier alpha value is -5.60. The SMILES string of the molecule is CC1C=CC=C(c2cc(-c3ccccc3)cc(-n3c4ccccc4c4cc(-n5c6ccccc6c6ccccc65)ccc43)c2)C1. The third-order valence-electron chi connectivity index (χ3n) is 9.43. The highest BCUT2D eigenvalue weighted by Crippen LogP contribution is 2.39. The molecule has 1 atom stereocenters. The van der Waals surface area contributed by atoms with Gasteiger partial charge >= 0.3 is 0 Å². The van der Waals surface area contributed by atoms with E-state index >= 15 is 0 Å². The summed E-state index contributed by atoms with van der Waals surface area (Å²) in [6.07, 6.45) is 7.85. The predicted octanol–water partition coefficient (Wildman–Crippen LogP) is 11.5. The van der Waals surface area contributed by atoms with Gasteiger partial charge in [-0.05, 0) is 89.2 Å². The second-order valence-corrected chi connectivity index (χ2v) is 12.3. The molecule has 6 aromatic carbocycles. The van der Waals surface area contributed by atoms with Crippen molar-refractivity contribution < 1.29 is 0 Å². The molecule has 1 aliphatic rings. The Morgan fingerprint density at radius 3 is 1.69 bits per heavy atom. The van der Waals surface area contributed by atoms with Crippen molar-refractivity contribution in [1.29, 1.82) is 0 Å². The van der Waals surface area contributed by atoms with Gasteiger partial charge in [0.25, 0.3) is 0 Å². The van der Waals surface area contributed by atoms with Gasteiger partial charge in [-0.25, -0.2) is 0 Å². The first-order chi connectivity index (χ1) is 22.2. The van der Waals surface area contributed by atoms with Crippen LogP contribution in [0.3, 0.4) is 0 Å². The van der Waals surface area contributed by atoms with Crippen LogP contribution >= 0.6 is 0 Å². The summed E-state index contributed by atoms with van der Waals surface area (Å²) in [7, 11) is 0. The van der Waals surface area contributed by atoms with Crippen molar-refractivity contribution in [3.63, 3.8) is 0 Å². The van der Waals surface area contributed by atoms with Crippen LogP contribution < -0.4 is 0 Å². The molecule has 0 aliphatic heterocycles. The third-order valence-corrected chi connectivity index (χ3v) is 9.43. The molecule has 0 amide bonds. The smallest absolute Gasteiger partial charge is 0.0542 e. The topological polar surface area (TPSA) is 9.86 Å². The zero-order valence-electron chi connectivity index (χ0n) is 25.2. The van der Waals surface area contributed by atoms with Gasteiger partial charge < -0.3 is 9.13 Å². The number of fused-ring (bicyclic) bond motifs is 6. The van der Waals surface area contributed by atoms with E-state index in [9.17, 15) is 0 Å². The summed E-state index contributed by atoms with van der Waals surface area (Å²) in [5.74, 6) is 0.529. The highest BCUT2D eigenvalue weighted by molar-refractivity contribution is 6.12. The molecular weight excluding hydrogens is 544 g/mol. The number of benzene rings is 6. The molecule has 2 nitrogen and oxygen atoms in total. The van der Waals surface area contributed by atoms with Crippen LogP contribution in [0.25, 0.3) is 71.7 Å². The van der Waals surface area contributed by atoms with Crippen molar-refractivity contribution in [3.05, 3.63) is 163 Å². The Kier molecular flexibility index (Phi) is 5.89. The van der Waals surface area contributed by atoms with Crippen molar-refractivity contribution >= 4 is 49.2 Å². The van der Waals surface area contributed by atoms with Gasteiger partial charge in [-0.2, -0.15) is 0 Å². The zero-order valence-corrected chi connectivity index (χ0v) is 25.2. The van der Waals surface area contributed by atoms with E-state index in [4.69, 9.17) is 0 Å². The molecule has 1 unspecified atom stereocenters. The maximum absolute atomic E-state index is 2.46. The summed E-state index contributed by atoms with van der Waals surface area (Å²) >= 11 is 0. The van der Waals surface area contributed by atoms with Crippen molar-refractivity contribution in [1.82, 2.24) is 9.13 Å². The Labute approximate surface area is 262 Å². The van der Waals surface area contributed by atoms with Crippen molar-refractivity contribution in [2.24, 2.45) is 5.92 Å². The first kappa shape index (κ1) is 25.9. The molecule has 0 spiro atoms. The van der Waals surface area contributed by atoms with E-state index in [2.05, 4.69) is 174 Å². The van der Waals surface area contributed by atoms with Crippen LogP contribution in [0.15, 0.2) is 158 Å². The fourth-order valence-corrected chi connectivity index (χ4v) is 7.36. The van der Waals surface area contributed by atoms with E-state index in [1.165, 1.54) is 77.2 Å². The van der Waals surface area contributed by atoms with Gasteiger partial charge in [-0.3, -0.25) is 0 Å². The summed E-state index contributed by atoms with van der Waals surface area (Å²) in [4.78, 5) is 0. The van der Waals surface area contributed by atoms with Crippen LogP contribution in [0.2, 0.25) is 0 Å². The van der Waals surface area contributed by atoms with Gasteiger partial charge in [0.2, 0.25) is 0 Å². The van der Waals surface area contributed by atoms with Crippen LogP contribution in [-0.2, 0) is 0 Å². The number of hydrogen-bond donors (Lipinski definition) is 0. The largest absolute Gasteiger partial charge is 0.309 e. The summed E-state index contributed by atoms with van der Waals surface area (Å²) in [6, 6.07) is 51.2. The average molecular weight is 577 g/mol. The van der Waals surface area contributed by atoms with Crippen LogP contribution in [-0.4, -0.2) is 9.13 Å². The Balaban J connectivity index is 1.31. The second kappa shape index (κ2) is 10.2. The van der Waals surface area contributed by atoms with E-state index in [0.717, 1.165) is 6.42 Å². The zero-order chi connectivity index (χ0) is 29.9. The first-order valence-corrected chi connectivity index (χ1v) is 15.8. The fraction of sp³-hybridized carbons (Fsp3) is 0.0698. The lowest BCUT2D eigenvalue weighted by molar-refractivity contribution is 0.749. The Morgan fingerprint density at radius 2 is 1.02 bits per heavy atom. The fourth-order valence-electron chi connectivity index (χ4n) is 7.36. The maximum Gasteiger partial charge on any atom is 0.0542 e. The highest BCUT2D eigenvalue weighted by atomic mass is 15.0. The molecule has 0 radical (unpaired) electrons. The van der Waals surface area contributed by atoms with E-state index in [0.29, 0.717) is 5.92 Å². The average Bonchev–Trinajstić information content (AvgIpc) is 3.61. The van der Waals surface area contributed by atoms with Crippen molar-refractivity contribution in [2.45, 2.75) is 13.3 Å². The van der Waals surface area contributed by atoms with Crippen LogP contribution in [0.5, 0.6) is 0 Å². The minimum Gasteiger partial charge on any atom is -0.309 e. The van der Waals surface area contributed by atoms with E-state index in [1.807, 2.05) is 0 Å². The minimum atomic E-state index is 0.529. The number of nitrogens with zero attached hydrogens (tertiary/aromatic N) is 2. The molecule has 0 saturated carbocycles. The lowest BCUT2D eigenvalue weighted by Crippen LogP contribution is -2.01. The molecule has 8 aromatic rings. The molecular formula is C43H32N2. The second-order valence-electron chi connectivity index (χ2n) is 12.3. The molecule has 2 heteroatoms. The summed E-state index contributed by atoms with van der Waals surface area (Å²) < 4.78 is 4.87. The highest BCUT2D eigenvalue weighted by Gasteiger charge is 2.18. The maximum atomic E-state index is 2.46. The van der Waals surface area contributed by atoms with Crippen LogP contribution in [0.4, 0.5) is 0 Å². The van der Waals surface area contributed by atoms with Crippen LogP contribution in [0.1, 0.15) is 18.9 Å². The van der Waals surface area contributed by atoms with E-state index in [-0.39, 0.29) is 0 Å². The normalized spacial score (nSPS) is 15.0. The van der Waals surface area contributed by atoms with Gasteiger partial charge in [0, 0.05) is 32.9 Å². The number of rotatable bonds is 4. The number of hydrogen-bond acceptors (Lipinski definition) is 0. The molecule has 2 aromatic heterocycles. The minimum absolute atomic E-state index is 0.529. The van der Waals surface area contributed by atoms with E-state index < -0.39 is 0 Å². The number of allylic oxidation sites excluding steroid dienone is 4. The summed E-state index contributed by atoms with van der Waals surface area (Å²) in [5, 5.41) is 5.07. The molecule has 0 fully saturated rings. The van der Waals surface area contributed by atoms with Gasteiger partial charge in [0.1, 0.15) is 0 Å². The number of para-hydroxylation sites is 3. The Morgan fingerprint density at radius 1 is 0.467 bits per heavy atom. The number of aromatic nitrogens is 2. The van der Waals surface area contributed by atoms with Crippen LogP contribution in [0, 0.1) is 5.92 Å². The first-order valence-electron chi connectivity index (χ1n) is 15.8. The third kappa shape index (κ3) is 4.17. The summed E-state index contributed by atoms with van der Waals surface area (Å²) in [6.45, 7) is 2.30. The molecule has 2 heterocycles.